The van der Waals surface area contributed by atoms with Gasteiger partial charge in [0.15, 0.2) is 0 Å². The Morgan fingerprint density at radius 1 is 0.941 bits per heavy atom. The summed E-state index contributed by atoms with van der Waals surface area (Å²) in [4.78, 5) is 27.0. The van der Waals surface area contributed by atoms with Gasteiger partial charge in [0, 0.05) is 27.3 Å². The highest BCUT2D eigenvalue weighted by molar-refractivity contribution is 5.63. The quantitative estimate of drug-likeness (QED) is 0.260. The van der Waals surface area contributed by atoms with E-state index in [1.807, 2.05) is 0 Å². The second kappa shape index (κ2) is 23.8. The Labute approximate surface area is 98.8 Å². The molecule has 0 aromatic carbocycles. The summed E-state index contributed by atoms with van der Waals surface area (Å²) >= 11 is 0. The van der Waals surface area contributed by atoms with Gasteiger partial charge in [0.1, 0.15) is 0 Å². The molecule has 0 aliphatic rings. The SMILES string of the molecule is CC(=O)O.CC(=O)O.CC(=O)O.NNCCO. The van der Waals surface area contributed by atoms with Crippen LogP contribution < -0.4 is 11.3 Å². The lowest BCUT2D eigenvalue weighted by atomic mass is 10.7. The van der Waals surface area contributed by atoms with E-state index in [1.165, 1.54) is 0 Å². The van der Waals surface area contributed by atoms with Gasteiger partial charge in [0.25, 0.3) is 17.9 Å². The Balaban J connectivity index is -0.0000000667. The van der Waals surface area contributed by atoms with E-state index in [-0.39, 0.29) is 6.61 Å². The molecule has 0 unspecified atom stereocenters. The largest absolute Gasteiger partial charge is 0.481 e. The van der Waals surface area contributed by atoms with Gasteiger partial charge in [-0.25, -0.2) is 0 Å². The molecule has 0 fully saturated rings. The van der Waals surface area contributed by atoms with Gasteiger partial charge in [-0.2, -0.15) is 0 Å². The van der Waals surface area contributed by atoms with Crippen molar-refractivity contribution < 1.29 is 34.8 Å². The maximum absolute atomic E-state index is 9.00. The predicted octanol–water partition coefficient (Wildman–Crippen LogP) is -1.29. The van der Waals surface area contributed by atoms with Gasteiger partial charge in [0.2, 0.25) is 0 Å². The van der Waals surface area contributed by atoms with Crippen LogP contribution in [-0.4, -0.2) is 51.5 Å². The van der Waals surface area contributed by atoms with E-state index >= 15 is 0 Å². The minimum absolute atomic E-state index is 0.108. The number of hydrogen-bond donors (Lipinski definition) is 6. The van der Waals surface area contributed by atoms with Crippen LogP contribution in [0.2, 0.25) is 0 Å². The molecule has 0 atom stereocenters. The van der Waals surface area contributed by atoms with Crippen molar-refractivity contribution >= 4 is 17.9 Å². The van der Waals surface area contributed by atoms with Crippen LogP contribution in [0.15, 0.2) is 0 Å². The zero-order chi connectivity index (χ0) is 14.9. The fourth-order valence-electron chi connectivity index (χ4n) is 0.0645. The van der Waals surface area contributed by atoms with E-state index in [0.29, 0.717) is 6.54 Å². The number of carboxylic acids is 3. The fourth-order valence-corrected chi connectivity index (χ4v) is 0.0645. The summed E-state index contributed by atoms with van der Waals surface area (Å²) in [6, 6.07) is 0. The van der Waals surface area contributed by atoms with Crippen molar-refractivity contribution in [2.24, 2.45) is 5.84 Å². The molecule has 104 valence electrons. The molecule has 0 aromatic rings. The third kappa shape index (κ3) is 25700. The second-order valence-electron chi connectivity index (χ2n) is 2.23. The number of rotatable bonds is 2. The van der Waals surface area contributed by atoms with Crippen molar-refractivity contribution in [2.45, 2.75) is 20.8 Å². The summed E-state index contributed by atoms with van der Waals surface area (Å²) in [6.07, 6.45) is 0. The van der Waals surface area contributed by atoms with Crippen LogP contribution in [-0.2, 0) is 14.4 Å². The van der Waals surface area contributed by atoms with Gasteiger partial charge < -0.3 is 20.4 Å². The van der Waals surface area contributed by atoms with Crippen LogP contribution in [0, 0.1) is 0 Å². The highest BCUT2D eigenvalue weighted by Gasteiger charge is 1.66. The topological polar surface area (TPSA) is 170 Å². The van der Waals surface area contributed by atoms with E-state index in [0.717, 1.165) is 20.8 Å². The summed E-state index contributed by atoms with van der Waals surface area (Å²) in [5, 5.41) is 30.2. The van der Waals surface area contributed by atoms with Crippen molar-refractivity contribution in [3.8, 4) is 0 Å². The number of hydrazine groups is 1. The zero-order valence-electron chi connectivity index (χ0n) is 10.0. The molecule has 9 nitrogen and oxygen atoms in total. The number of hydrogen-bond acceptors (Lipinski definition) is 6. The van der Waals surface area contributed by atoms with Gasteiger partial charge >= 0.3 is 0 Å². The summed E-state index contributed by atoms with van der Waals surface area (Å²) < 4.78 is 0. The molecule has 0 heterocycles. The number of aliphatic hydroxyl groups excluding tert-OH is 1. The third-order valence-electron chi connectivity index (χ3n) is 0.256. The smallest absolute Gasteiger partial charge is 0.300 e. The van der Waals surface area contributed by atoms with Crippen molar-refractivity contribution in [3.05, 3.63) is 0 Å². The van der Waals surface area contributed by atoms with Crippen LogP contribution in [0.25, 0.3) is 0 Å². The Kier molecular flexibility index (Phi) is 34.3. The molecule has 9 heteroatoms. The Bertz CT molecular complexity index is 154. The fraction of sp³-hybridized carbons (Fsp3) is 0.625. The predicted molar refractivity (Wildman–Crippen MR) is 59.2 cm³/mol. The summed E-state index contributed by atoms with van der Waals surface area (Å²) in [7, 11) is 0. The van der Waals surface area contributed by atoms with Gasteiger partial charge in [-0.15, -0.1) is 0 Å². The number of aliphatic carboxylic acids is 3. The third-order valence-corrected chi connectivity index (χ3v) is 0.256. The van der Waals surface area contributed by atoms with E-state index < -0.39 is 17.9 Å². The molecule has 0 saturated carbocycles. The molecule has 0 rings (SSSR count). The van der Waals surface area contributed by atoms with Crippen LogP contribution in [0.3, 0.4) is 0 Å². The molecule has 0 bridgehead atoms. The lowest BCUT2D eigenvalue weighted by Crippen LogP contribution is -2.24. The molecule has 0 spiro atoms. The number of nitrogens with two attached hydrogens (primary N) is 1. The lowest BCUT2D eigenvalue weighted by molar-refractivity contribution is -0.135. The highest BCUT2D eigenvalue weighted by atomic mass is 16.4. The van der Waals surface area contributed by atoms with E-state index in [9.17, 15) is 0 Å². The maximum Gasteiger partial charge on any atom is 0.300 e. The van der Waals surface area contributed by atoms with E-state index in [4.69, 9.17) is 40.7 Å². The molecule has 0 amide bonds. The van der Waals surface area contributed by atoms with Crippen LogP contribution in [0.5, 0.6) is 0 Å². The summed E-state index contributed by atoms with van der Waals surface area (Å²) in [5.41, 5.74) is 2.27. The van der Waals surface area contributed by atoms with Gasteiger partial charge in [-0.1, -0.05) is 0 Å². The van der Waals surface area contributed by atoms with Crippen LogP contribution >= 0.6 is 0 Å². The average molecular weight is 256 g/mol. The molecule has 0 aromatic heterocycles. The van der Waals surface area contributed by atoms with Crippen LogP contribution in [0.4, 0.5) is 0 Å². The number of carbonyl (C=O) groups is 3. The maximum atomic E-state index is 9.00. The molecule has 0 aliphatic carbocycles. The van der Waals surface area contributed by atoms with Gasteiger partial charge in [0.05, 0.1) is 6.61 Å². The first kappa shape index (κ1) is 24.5. The van der Waals surface area contributed by atoms with E-state index in [2.05, 4.69) is 5.43 Å². The Morgan fingerprint density at radius 3 is 1.12 bits per heavy atom. The first-order valence-electron chi connectivity index (χ1n) is 4.24. The van der Waals surface area contributed by atoms with E-state index in [1.54, 1.807) is 0 Å². The number of carboxylic acid groups (broad SMARTS) is 3. The minimum atomic E-state index is -0.833. The molecule has 0 aliphatic heterocycles. The zero-order valence-corrected chi connectivity index (χ0v) is 10.0. The average Bonchev–Trinajstić information content (AvgIpc) is 2.01. The highest BCUT2D eigenvalue weighted by Crippen LogP contribution is 1.42. The molecule has 7 N–H and O–H groups in total. The van der Waals surface area contributed by atoms with Crippen molar-refractivity contribution in [3.63, 3.8) is 0 Å². The molecule has 0 saturated heterocycles. The molecular formula is C8H20N2O7. The summed E-state index contributed by atoms with van der Waals surface area (Å²) in [5.74, 6) is 2.23. The van der Waals surface area contributed by atoms with Crippen molar-refractivity contribution in [2.75, 3.05) is 13.2 Å². The number of nitrogens with one attached hydrogen (secondary N) is 1. The van der Waals surface area contributed by atoms with Crippen molar-refractivity contribution in [1.82, 2.24) is 5.43 Å². The Morgan fingerprint density at radius 2 is 1.12 bits per heavy atom. The van der Waals surface area contributed by atoms with Crippen molar-refractivity contribution in [1.29, 1.82) is 0 Å². The van der Waals surface area contributed by atoms with Gasteiger partial charge in [-0.3, -0.25) is 25.7 Å². The second-order valence-corrected chi connectivity index (χ2v) is 2.23. The standard InChI is InChI=1S/C2H8N2O.3C2H4O2/c3-4-1-2-5;3*1-2(3)4/h4-5H,1-3H2;3*1H3,(H,3,4). The summed E-state index contributed by atoms with van der Waals surface area (Å²) in [6.45, 7) is 3.83. The molecular weight excluding hydrogens is 236 g/mol. The van der Waals surface area contributed by atoms with Crippen LogP contribution in [0.1, 0.15) is 20.8 Å². The molecule has 0 radical (unpaired) electrons. The van der Waals surface area contributed by atoms with Gasteiger partial charge in [-0.05, 0) is 0 Å². The first-order valence-corrected chi connectivity index (χ1v) is 4.24. The normalized spacial score (nSPS) is 6.88. The first-order chi connectivity index (χ1) is 7.61. The monoisotopic (exact) mass is 256 g/mol. The Hall–Kier alpha value is -1.71. The lowest BCUT2D eigenvalue weighted by Gasteiger charge is -1.84. The minimum Gasteiger partial charge on any atom is -0.481 e. The number of aliphatic hydroxyl groups is 1. The molecule has 17 heavy (non-hydrogen) atoms.